The first-order valence-corrected chi connectivity index (χ1v) is 7.64. The molecule has 0 saturated heterocycles. The molecule has 7 nitrogen and oxygen atoms in total. The van der Waals surface area contributed by atoms with Gasteiger partial charge in [-0.15, -0.1) is 0 Å². The van der Waals surface area contributed by atoms with Crippen LogP contribution in [0.1, 0.15) is 13.3 Å². The van der Waals surface area contributed by atoms with Crippen LogP contribution < -0.4 is 5.32 Å². The molecule has 0 heterocycles. The van der Waals surface area contributed by atoms with Crippen LogP contribution in [-0.4, -0.2) is 29.8 Å². The van der Waals surface area contributed by atoms with Gasteiger partial charge in [-0.05, 0) is 30.5 Å². The predicted octanol–water partition coefficient (Wildman–Crippen LogP) is 1.71. The minimum atomic E-state index is -4.54. The molecule has 0 unspecified atom stereocenters. The fraction of sp³-hybridized carbons (Fsp3) is 0.143. The van der Waals surface area contributed by atoms with Crippen molar-refractivity contribution in [1.29, 1.82) is 0 Å². The number of nitrogens with one attached hydrogen (secondary N) is 1. The molecule has 0 atom stereocenters. The molecule has 0 spiro atoms. The Balaban J connectivity index is 2.52. The lowest BCUT2D eigenvalue weighted by atomic mass is 10.1. The molecule has 8 heteroatoms. The number of aromatic hydroxyl groups is 1. The highest BCUT2D eigenvalue weighted by Gasteiger charge is 2.16. The summed E-state index contributed by atoms with van der Waals surface area (Å²) in [4.78, 5) is 22.0. The Bertz CT molecular complexity index is 872. The standard InChI is InChI=1S/C14H13NO6S/c1-8(16)4-14(18)15-10-3-2-9-5-11(17)7-13(12(9)6-10)22(19,20)21/h2-3,5-7,17H,4H2,1H3,(H,15,18)(H,19,20,21). The van der Waals surface area contributed by atoms with Gasteiger partial charge in [-0.25, -0.2) is 0 Å². The van der Waals surface area contributed by atoms with Crippen molar-refractivity contribution in [3.05, 3.63) is 30.3 Å². The van der Waals surface area contributed by atoms with E-state index >= 15 is 0 Å². The van der Waals surface area contributed by atoms with E-state index in [0.29, 0.717) is 5.39 Å². The van der Waals surface area contributed by atoms with E-state index in [9.17, 15) is 27.7 Å². The second-order valence-corrected chi connectivity index (χ2v) is 6.17. The first-order valence-electron chi connectivity index (χ1n) is 6.20. The van der Waals surface area contributed by atoms with Gasteiger partial charge in [0.1, 0.15) is 16.4 Å². The summed E-state index contributed by atoms with van der Waals surface area (Å²) in [6, 6.07) is 6.56. The van der Waals surface area contributed by atoms with Crippen LogP contribution in [0.5, 0.6) is 5.75 Å². The van der Waals surface area contributed by atoms with Crippen LogP contribution >= 0.6 is 0 Å². The maximum atomic E-state index is 11.6. The van der Waals surface area contributed by atoms with Crippen LogP contribution in [0.2, 0.25) is 0 Å². The number of hydrogen-bond acceptors (Lipinski definition) is 5. The van der Waals surface area contributed by atoms with Gasteiger partial charge in [-0.3, -0.25) is 14.1 Å². The van der Waals surface area contributed by atoms with Crippen LogP contribution in [0.3, 0.4) is 0 Å². The molecule has 3 N–H and O–H groups in total. The number of amides is 1. The second-order valence-electron chi connectivity index (χ2n) is 4.78. The molecular weight excluding hydrogens is 310 g/mol. The van der Waals surface area contributed by atoms with Gasteiger partial charge in [0.2, 0.25) is 5.91 Å². The Morgan fingerprint density at radius 3 is 2.45 bits per heavy atom. The molecule has 116 valence electrons. The van der Waals surface area contributed by atoms with E-state index in [0.717, 1.165) is 6.07 Å². The van der Waals surface area contributed by atoms with Crippen molar-refractivity contribution < 1.29 is 27.7 Å². The number of phenols is 1. The molecular formula is C14H13NO6S. The van der Waals surface area contributed by atoms with Gasteiger partial charge >= 0.3 is 0 Å². The monoisotopic (exact) mass is 323 g/mol. The molecule has 2 aromatic carbocycles. The van der Waals surface area contributed by atoms with Crippen LogP contribution in [0.4, 0.5) is 5.69 Å². The number of fused-ring (bicyclic) bond motifs is 1. The zero-order valence-corrected chi connectivity index (χ0v) is 12.3. The lowest BCUT2D eigenvalue weighted by Gasteiger charge is -2.09. The molecule has 0 aromatic heterocycles. The van der Waals surface area contributed by atoms with E-state index in [4.69, 9.17) is 0 Å². The summed E-state index contributed by atoms with van der Waals surface area (Å²) in [5, 5.41) is 12.5. The van der Waals surface area contributed by atoms with E-state index < -0.39 is 20.9 Å². The van der Waals surface area contributed by atoms with Crippen LogP contribution in [0, 0.1) is 0 Å². The zero-order chi connectivity index (χ0) is 16.5. The number of benzene rings is 2. The number of carbonyl (C=O) groups is 2. The van der Waals surface area contributed by atoms with Crippen LogP contribution in [0.25, 0.3) is 10.8 Å². The summed E-state index contributed by atoms with van der Waals surface area (Å²) >= 11 is 0. The molecule has 0 radical (unpaired) electrons. The van der Waals surface area contributed by atoms with Crippen LogP contribution in [0.15, 0.2) is 35.2 Å². The minimum absolute atomic E-state index is 0.140. The summed E-state index contributed by atoms with van der Waals surface area (Å²) in [5.41, 5.74) is 0.273. The normalized spacial score (nSPS) is 11.4. The van der Waals surface area contributed by atoms with E-state index in [2.05, 4.69) is 5.32 Å². The van der Waals surface area contributed by atoms with Gasteiger partial charge < -0.3 is 10.4 Å². The lowest BCUT2D eigenvalue weighted by Crippen LogP contribution is -2.14. The highest BCUT2D eigenvalue weighted by Crippen LogP contribution is 2.30. The van der Waals surface area contributed by atoms with E-state index in [-0.39, 0.29) is 29.0 Å². The number of rotatable bonds is 4. The van der Waals surface area contributed by atoms with E-state index in [1.54, 1.807) is 0 Å². The van der Waals surface area contributed by atoms with Gasteiger partial charge in [0.25, 0.3) is 10.1 Å². The quantitative estimate of drug-likeness (QED) is 0.582. The molecule has 0 bridgehead atoms. The van der Waals surface area contributed by atoms with Gasteiger partial charge in [-0.1, -0.05) is 6.07 Å². The van der Waals surface area contributed by atoms with Gasteiger partial charge in [0, 0.05) is 17.1 Å². The maximum absolute atomic E-state index is 11.6. The van der Waals surface area contributed by atoms with Gasteiger partial charge in [-0.2, -0.15) is 8.42 Å². The van der Waals surface area contributed by atoms with Crippen molar-refractivity contribution in [2.24, 2.45) is 0 Å². The number of ketones is 1. The van der Waals surface area contributed by atoms with Crippen molar-refractivity contribution in [3.63, 3.8) is 0 Å². The Morgan fingerprint density at radius 2 is 1.86 bits per heavy atom. The summed E-state index contributed by atoms with van der Waals surface area (Å²) in [7, 11) is -4.54. The molecule has 0 saturated carbocycles. The van der Waals surface area contributed by atoms with Gasteiger partial charge in [0.05, 0.1) is 6.42 Å². The number of anilines is 1. The number of Topliss-reactive ketones (excluding diaryl/α,β-unsaturated/α-hetero) is 1. The fourth-order valence-electron chi connectivity index (χ4n) is 2.03. The van der Waals surface area contributed by atoms with Crippen molar-refractivity contribution in [3.8, 4) is 5.75 Å². The first kappa shape index (κ1) is 15.9. The largest absolute Gasteiger partial charge is 0.508 e. The summed E-state index contributed by atoms with van der Waals surface area (Å²) in [6.45, 7) is 1.28. The van der Waals surface area contributed by atoms with Crippen molar-refractivity contribution in [1.82, 2.24) is 0 Å². The topological polar surface area (TPSA) is 121 Å². The minimum Gasteiger partial charge on any atom is -0.508 e. The van der Waals surface area contributed by atoms with Crippen molar-refractivity contribution in [2.45, 2.75) is 18.2 Å². The summed E-state index contributed by atoms with van der Waals surface area (Å²) in [6.07, 6.45) is -0.293. The summed E-state index contributed by atoms with van der Waals surface area (Å²) < 4.78 is 32.0. The molecule has 0 aliphatic heterocycles. The third kappa shape index (κ3) is 3.60. The van der Waals surface area contributed by atoms with Crippen molar-refractivity contribution >= 4 is 38.3 Å². The smallest absolute Gasteiger partial charge is 0.295 e. The predicted molar refractivity (Wildman–Crippen MR) is 79.4 cm³/mol. The van der Waals surface area contributed by atoms with Crippen LogP contribution in [-0.2, 0) is 19.7 Å². The molecule has 22 heavy (non-hydrogen) atoms. The second kappa shape index (κ2) is 5.74. The zero-order valence-electron chi connectivity index (χ0n) is 11.5. The number of hydrogen-bond donors (Lipinski definition) is 3. The van der Waals surface area contributed by atoms with E-state index in [1.165, 1.54) is 31.2 Å². The highest BCUT2D eigenvalue weighted by molar-refractivity contribution is 7.86. The Morgan fingerprint density at radius 1 is 1.18 bits per heavy atom. The van der Waals surface area contributed by atoms with Crippen molar-refractivity contribution in [2.75, 3.05) is 5.32 Å². The highest BCUT2D eigenvalue weighted by atomic mass is 32.2. The Hall–Kier alpha value is -2.45. The molecule has 2 rings (SSSR count). The fourth-order valence-corrected chi connectivity index (χ4v) is 2.76. The average molecular weight is 323 g/mol. The lowest BCUT2D eigenvalue weighted by molar-refractivity contribution is -0.124. The average Bonchev–Trinajstić information content (AvgIpc) is 2.36. The SMILES string of the molecule is CC(=O)CC(=O)Nc1ccc2cc(O)cc(S(=O)(=O)O)c2c1. The Kier molecular flexibility index (Phi) is 4.16. The first-order chi connectivity index (χ1) is 10.2. The molecule has 0 fully saturated rings. The molecule has 0 aliphatic rings. The number of carbonyl (C=O) groups excluding carboxylic acids is 2. The Labute approximate surface area is 126 Å². The molecule has 1 amide bonds. The number of phenolic OH excluding ortho intramolecular Hbond substituents is 1. The van der Waals surface area contributed by atoms with E-state index in [1.807, 2.05) is 0 Å². The third-order valence-electron chi connectivity index (χ3n) is 2.87. The summed E-state index contributed by atoms with van der Waals surface area (Å²) in [5.74, 6) is -1.14. The molecule has 0 aliphatic carbocycles. The maximum Gasteiger partial charge on any atom is 0.295 e. The molecule has 2 aromatic rings. The van der Waals surface area contributed by atoms with Gasteiger partial charge in [0.15, 0.2) is 0 Å². The third-order valence-corrected chi connectivity index (χ3v) is 3.77.